The number of ketones is 2. The first kappa shape index (κ1) is 9.43. The van der Waals surface area contributed by atoms with Gasteiger partial charge in [0.2, 0.25) is 0 Å². The Morgan fingerprint density at radius 1 is 1.50 bits per heavy atom. The second-order valence-electron chi connectivity index (χ2n) is 4.09. The number of Topliss-reactive ketones (excluding diaryl/α,β-unsaturated/α-hetero) is 2. The molecule has 0 heterocycles. The molecule has 2 nitrogen and oxygen atoms in total. The molecule has 12 heavy (non-hydrogen) atoms. The number of hydrogen-bond donors (Lipinski definition) is 0. The molecular formula is C10H16O2. The summed E-state index contributed by atoms with van der Waals surface area (Å²) >= 11 is 0. The van der Waals surface area contributed by atoms with Gasteiger partial charge in [0.05, 0.1) is 6.42 Å². The van der Waals surface area contributed by atoms with Gasteiger partial charge in [0.15, 0.2) is 0 Å². The van der Waals surface area contributed by atoms with Gasteiger partial charge in [-0.05, 0) is 12.8 Å². The Bertz CT molecular complexity index is 220. The van der Waals surface area contributed by atoms with E-state index in [2.05, 4.69) is 0 Å². The molecule has 0 radical (unpaired) electrons. The summed E-state index contributed by atoms with van der Waals surface area (Å²) in [5, 5.41) is 0. The highest BCUT2D eigenvalue weighted by atomic mass is 16.2. The van der Waals surface area contributed by atoms with Crippen LogP contribution in [0.4, 0.5) is 0 Å². The topological polar surface area (TPSA) is 34.1 Å². The normalized spacial score (nSPS) is 37.1. The summed E-state index contributed by atoms with van der Waals surface area (Å²) < 4.78 is 0. The Morgan fingerprint density at radius 3 is 2.58 bits per heavy atom. The van der Waals surface area contributed by atoms with E-state index in [1.807, 2.05) is 20.8 Å². The molecule has 0 bridgehead atoms. The van der Waals surface area contributed by atoms with Crippen LogP contribution in [0.1, 0.15) is 40.0 Å². The fraction of sp³-hybridized carbons (Fsp3) is 0.800. The number of carbonyl (C=O) groups excluding carboxylic acids is 2. The average Bonchev–Trinajstić information content (AvgIpc) is 2.01. The molecule has 1 saturated carbocycles. The average molecular weight is 168 g/mol. The lowest BCUT2D eigenvalue weighted by atomic mass is 9.68. The molecule has 1 aliphatic rings. The summed E-state index contributed by atoms with van der Waals surface area (Å²) in [5.41, 5.74) is -0.229. The Morgan fingerprint density at radius 2 is 2.08 bits per heavy atom. The van der Waals surface area contributed by atoms with Crippen molar-refractivity contribution in [1.82, 2.24) is 0 Å². The van der Waals surface area contributed by atoms with Crippen LogP contribution < -0.4 is 0 Å². The molecule has 0 aromatic carbocycles. The van der Waals surface area contributed by atoms with Crippen LogP contribution >= 0.6 is 0 Å². The van der Waals surface area contributed by atoms with Crippen LogP contribution in [0.15, 0.2) is 0 Å². The van der Waals surface area contributed by atoms with Crippen LogP contribution in [0.5, 0.6) is 0 Å². The van der Waals surface area contributed by atoms with Gasteiger partial charge in [-0.15, -0.1) is 0 Å². The zero-order valence-electron chi connectivity index (χ0n) is 8.02. The first-order valence-electron chi connectivity index (χ1n) is 4.55. The van der Waals surface area contributed by atoms with Gasteiger partial charge in [-0.3, -0.25) is 9.59 Å². The first-order valence-corrected chi connectivity index (χ1v) is 4.55. The lowest BCUT2D eigenvalue weighted by molar-refractivity contribution is -0.140. The molecular weight excluding hydrogens is 152 g/mol. The van der Waals surface area contributed by atoms with Crippen molar-refractivity contribution >= 4 is 11.6 Å². The van der Waals surface area contributed by atoms with Crippen molar-refractivity contribution in [2.75, 3.05) is 0 Å². The van der Waals surface area contributed by atoms with Gasteiger partial charge in [0.1, 0.15) is 11.6 Å². The standard InChI is InChI=1S/C10H16O2/c1-4-10(3)6-7(2)8(11)5-9(10)12/h7H,4-6H2,1-3H3. The first-order chi connectivity index (χ1) is 5.49. The smallest absolute Gasteiger partial charge is 0.146 e. The highest BCUT2D eigenvalue weighted by molar-refractivity contribution is 6.04. The minimum absolute atomic E-state index is 0.0765. The van der Waals surface area contributed by atoms with E-state index in [1.165, 1.54) is 0 Å². The molecule has 0 saturated heterocycles. The highest BCUT2D eigenvalue weighted by Crippen LogP contribution is 2.36. The van der Waals surface area contributed by atoms with Crippen LogP contribution in [0, 0.1) is 11.3 Å². The summed E-state index contributed by atoms with van der Waals surface area (Å²) in [6, 6.07) is 0. The van der Waals surface area contributed by atoms with Gasteiger partial charge < -0.3 is 0 Å². The maximum Gasteiger partial charge on any atom is 0.146 e. The van der Waals surface area contributed by atoms with E-state index >= 15 is 0 Å². The summed E-state index contributed by atoms with van der Waals surface area (Å²) in [7, 11) is 0. The van der Waals surface area contributed by atoms with Crippen molar-refractivity contribution in [2.45, 2.75) is 40.0 Å². The molecule has 2 unspecified atom stereocenters. The van der Waals surface area contributed by atoms with Crippen LogP contribution in [0.3, 0.4) is 0 Å². The van der Waals surface area contributed by atoms with Crippen molar-refractivity contribution in [2.24, 2.45) is 11.3 Å². The lowest BCUT2D eigenvalue weighted by Gasteiger charge is -2.33. The van der Waals surface area contributed by atoms with Crippen molar-refractivity contribution in [3.63, 3.8) is 0 Å². The van der Waals surface area contributed by atoms with E-state index in [1.54, 1.807) is 0 Å². The molecule has 1 fully saturated rings. The molecule has 0 amide bonds. The third-order valence-corrected chi connectivity index (χ3v) is 3.09. The summed E-state index contributed by atoms with van der Waals surface area (Å²) in [5.74, 6) is 0.326. The van der Waals surface area contributed by atoms with Crippen molar-refractivity contribution < 1.29 is 9.59 Å². The zero-order valence-corrected chi connectivity index (χ0v) is 8.02. The van der Waals surface area contributed by atoms with Crippen LogP contribution in [-0.2, 0) is 9.59 Å². The molecule has 0 spiro atoms. The molecule has 1 aliphatic carbocycles. The van der Waals surface area contributed by atoms with E-state index in [4.69, 9.17) is 0 Å². The Kier molecular flexibility index (Phi) is 2.36. The SMILES string of the molecule is CCC1(C)CC(C)C(=O)CC1=O. The molecule has 0 N–H and O–H groups in total. The third-order valence-electron chi connectivity index (χ3n) is 3.09. The molecule has 1 rings (SSSR count). The van der Waals surface area contributed by atoms with Crippen LogP contribution in [0.2, 0.25) is 0 Å². The minimum atomic E-state index is -0.229. The Labute approximate surface area is 73.3 Å². The number of rotatable bonds is 1. The fourth-order valence-electron chi connectivity index (χ4n) is 1.79. The lowest BCUT2D eigenvalue weighted by Crippen LogP contribution is -2.38. The van der Waals surface area contributed by atoms with E-state index < -0.39 is 0 Å². The van der Waals surface area contributed by atoms with Crippen molar-refractivity contribution in [3.8, 4) is 0 Å². The Balaban J connectivity index is 2.81. The maximum atomic E-state index is 11.5. The minimum Gasteiger partial charge on any atom is -0.299 e. The fourth-order valence-corrected chi connectivity index (χ4v) is 1.79. The maximum absolute atomic E-state index is 11.5. The van der Waals surface area contributed by atoms with Crippen molar-refractivity contribution in [1.29, 1.82) is 0 Å². The molecule has 2 atom stereocenters. The molecule has 0 aromatic rings. The van der Waals surface area contributed by atoms with E-state index in [-0.39, 0.29) is 29.3 Å². The van der Waals surface area contributed by atoms with Gasteiger partial charge in [-0.25, -0.2) is 0 Å². The predicted molar refractivity (Wildman–Crippen MR) is 46.8 cm³/mol. The number of hydrogen-bond acceptors (Lipinski definition) is 2. The summed E-state index contributed by atoms with van der Waals surface area (Å²) in [4.78, 5) is 22.7. The summed E-state index contributed by atoms with van der Waals surface area (Å²) in [6.07, 6.45) is 1.75. The summed E-state index contributed by atoms with van der Waals surface area (Å²) in [6.45, 7) is 5.90. The van der Waals surface area contributed by atoms with Crippen LogP contribution in [-0.4, -0.2) is 11.6 Å². The largest absolute Gasteiger partial charge is 0.299 e. The molecule has 0 aromatic heterocycles. The monoisotopic (exact) mass is 168 g/mol. The van der Waals surface area contributed by atoms with E-state index in [9.17, 15) is 9.59 Å². The molecule has 0 aliphatic heterocycles. The highest BCUT2D eigenvalue weighted by Gasteiger charge is 2.40. The second-order valence-corrected chi connectivity index (χ2v) is 4.09. The molecule has 2 heteroatoms. The van der Waals surface area contributed by atoms with Crippen LogP contribution in [0.25, 0.3) is 0 Å². The van der Waals surface area contributed by atoms with Gasteiger partial charge in [-0.1, -0.05) is 20.8 Å². The Hall–Kier alpha value is -0.660. The van der Waals surface area contributed by atoms with Crippen molar-refractivity contribution in [3.05, 3.63) is 0 Å². The van der Waals surface area contributed by atoms with Gasteiger partial charge >= 0.3 is 0 Å². The van der Waals surface area contributed by atoms with Gasteiger partial charge in [-0.2, -0.15) is 0 Å². The van der Waals surface area contributed by atoms with Gasteiger partial charge in [0, 0.05) is 11.3 Å². The van der Waals surface area contributed by atoms with E-state index in [0.29, 0.717) is 0 Å². The zero-order chi connectivity index (χ0) is 9.35. The number of carbonyl (C=O) groups is 2. The third kappa shape index (κ3) is 1.43. The molecule has 68 valence electrons. The van der Waals surface area contributed by atoms with Gasteiger partial charge in [0.25, 0.3) is 0 Å². The van der Waals surface area contributed by atoms with E-state index in [0.717, 1.165) is 12.8 Å². The predicted octanol–water partition coefficient (Wildman–Crippen LogP) is 1.97. The second kappa shape index (κ2) is 3.00. The quantitative estimate of drug-likeness (QED) is 0.561.